The minimum absolute atomic E-state index is 0.00305. The molecule has 0 N–H and O–H groups in total. The number of ether oxygens (including phenoxy) is 1. The second-order valence-electron chi connectivity index (χ2n) is 8.27. The molecule has 1 aliphatic rings. The molecule has 1 aliphatic carbocycles. The SMILES string of the molecule is C[C@@H](Oc1cc(-c2ccc3c(ccn3C)c2)cc2nn(C)cc12)[C@H]1CCC(=O)C1. The molecule has 0 spiro atoms. The van der Waals surface area contributed by atoms with Crippen LogP contribution in [0.5, 0.6) is 5.75 Å². The lowest BCUT2D eigenvalue weighted by Gasteiger charge is -2.21. The van der Waals surface area contributed by atoms with E-state index in [9.17, 15) is 4.79 Å². The van der Waals surface area contributed by atoms with Crippen molar-refractivity contribution in [1.29, 1.82) is 0 Å². The highest BCUT2D eigenvalue weighted by atomic mass is 16.5. The number of nitrogens with zero attached hydrogens (tertiary/aromatic N) is 3. The van der Waals surface area contributed by atoms with E-state index in [0.29, 0.717) is 24.5 Å². The molecule has 2 atom stereocenters. The smallest absolute Gasteiger partial charge is 0.133 e. The van der Waals surface area contributed by atoms with Crippen molar-refractivity contribution in [2.45, 2.75) is 32.3 Å². The van der Waals surface area contributed by atoms with Crippen LogP contribution in [0.2, 0.25) is 0 Å². The molecule has 5 heteroatoms. The summed E-state index contributed by atoms with van der Waals surface area (Å²) >= 11 is 0. The Hall–Kier alpha value is -3.08. The molecule has 2 aromatic carbocycles. The topological polar surface area (TPSA) is 49.0 Å². The van der Waals surface area contributed by atoms with E-state index < -0.39 is 0 Å². The molecular weight excluding hydrogens is 362 g/mol. The fraction of sp³-hybridized carbons (Fsp3) is 0.333. The number of carbonyl (C=O) groups is 1. The van der Waals surface area contributed by atoms with Gasteiger partial charge in [-0.15, -0.1) is 0 Å². The van der Waals surface area contributed by atoms with Gasteiger partial charge >= 0.3 is 0 Å². The van der Waals surface area contributed by atoms with Gasteiger partial charge in [-0.05, 0) is 54.8 Å². The monoisotopic (exact) mass is 387 g/mol. The number of carbonyl (C=O) groups excluding carboxylic acids is 1. The van der Waals surface area contributed by atoms with Gasteiger partial charge in [0.2, 0.25) is 0 Å². The van der Waals surface area contributed by atoms with Crippen molar-refractivity contribution >= 4 is 27.6 Å². The highest BCUT2D eigenvalue weighted by Crippen LogP contribution is 2.36. The van der Waals surface area contributed by atoms with Gasteiger partial charge in [0.1, 0.15) is 11.5 Å². The number of aryl methyl sites for hydroxylation is 2. The van der Waals surface area contributed by atoms with Crippen molar-refractivity contribution < 1.29 is 9.53 Å². The largest absolute Gasteiger partial charge is 0.490 e. The predicted molar refractivity (Wildman–Crippen MR) is 115 cm³/mol. The molecule has 2 heterocycles. The molecule has 4 aromatic rings. The van der Waals surface area contributed by atoms with Gasteiger partial charge in [-0.25, -0.2) is 0 Å². The number of Topliss-reactive ketones (excluding diaryl/α,β-unsaturated/α-hetero) is 1. The quantitative estimate of drug-likeness (QED) is 0.502. The number of rotatable bonds is 4. The first-order valence-electron chi connectivity index (χ1n) is 10.2. The summed E-state index contributed by atoms with van der Waals surface area (Å²) < 4.78 is 10.4. The molecule has 0 aliphatic heterocycles. The van der Waals surface area contributed by atoms with Gasteiger partial charge < -0.3 is 9.30 Å². The van der Waals surface area contributed by atoms with Crippen LogP contribution >= 0.6 is 0 Å². The molecular formula is C24H25N3O2. The van der Waals surface area contributed by atoms with Crippen molar-refractivity contribution in [3.8, 4) is 16.9 Å². The Kier molecular flexibility index (Phi) is 4.19. The third-order valence-electron chi connectivity index (χ3n) is 6.18. The third kappa shape index (κ3) is 3.20. The highest BCUT2D eigenvalue weighted by Gasteiger charge is 2.28. The number of fused-ring (bicyclic) bond motifs is 2. The van der Waals surface area contributed by atoms with Crippen molar-refractivity contribution in [1.82, 2.24) is 14.3 Å². The molecule has 0 radical (unpaired) electrons. The van der Waals surface area contributed by atoms with Crippen LogP contribution in [0.3, 0.4) is 0 Å². The lowest BCUT2D eigenvalue weighted by molar-refractivity contribution is -0.117. The van der Waals surface area contributed by atoms with Crippen LogP contribution in [-0.2, 0) is 18.9 Å². The summed E-state index contributed by atoms with van der Waals surface area (Å²) in [5, 5.41) is 6.84. The minimum Gasteiger partial charge on any atom is -0.490 e. The van der Waals surface area contributed by atoms with Crippen molar-refractivity contribution in [2.24, 2.45) is 20.0 Å². The van der Waals surface area contributed by atoms with Crippen molar-refractivity contribution in [3.05, 3.63) is 48.8 Å². The number of hydrogen-bond donors (Lipinski definition) is 0. The summed E-state index contributed by atoms with van der Waals surface area (Å²) in [6, 6.07) is 12.9. The van der Waals surface area contributed by atoms with Crippen LogP contribution in [-0.4, -0.2) is 26.2 Å². The maximum absolute atomic E-state index is 11.7. The van der Waals surface area contributed by atoms with E-state index in [-0.39, 0.29) is 6.10 Å². The summed E-state index contributed by atoms with van der Waals surface area (Å²) in [5.74, 6) is 1.48. The average molecular weight is 387 g/mol. The standard InChI is InChI=1S/C24H25N3O2/c1-15(16-4-6-20(28)11-16)29-24-13-19(12-22-21(24)14-27(3)25-22)17-5-7-23-18(10-17)8-9-26(23)2/h5,7-10,12-16H,4,6,11H2,1-3H3/t15-,16+/m1/s1. The Labute approximate surface area is 169 Å². The first-order chi connectivity index (χ1) is 14.0. The number of hydrogen-bond acceptors (Lipinski definition) is 3. The molecule has 0 unspecified atom stereocenters. The van der Waals surface area contributed by atoms with Gasteiger partial charge in [0.25, 0.3) is 0 Å². The maximum Gasteiger partial charge on any atom is 0.133 e. The third-order valence-corrected chi connectivity index (χ3v) is 6.18. The Bertz CT molecular complexity index is 1230. The van der Waals surface area contributed by atoms with Gasteiger partial charge in [-0.2, -0.15) is 5.10 Å². The molecule has 1 fully saturated rings. The summed E-state index contributed by atoms with van der Waals surface area (Å²) in [5.41, 5.74) is 4.36. The molecule has 0 bridgehead atoms. The van der Waals surface area contributed by atoms with E-state index >= 15 is 0 Å². The van der Waals surface area contributed by atoms with Crippen molar-refractivity contribution in [2.75, 3.05) is 0 Å². The van der Waals surface area contributed by atoms with Crippen LogP contribution in [0, 0.1) is 5.92 Å². The first-order valence-corrected chi connectivity index (χ1v) is 10.2. The van der Waals surface area contributed by atoms with Crippen molar-refractivity contribution in [3.63, 3.8) is 0 Å². The summed E-state index contributed by atoms with van der Waals surface area (Å²) in [4.78, 5) is 11.7. The van der Waals surface area contributed by atoms with E-state index in [4.69, 9.17) is 4.74 Å². The molecule has 5 nitrogen and oxygen atoms in total. The minimum atomic E-state index is -0.00305. The normalized spacial score (nSPS) is 18.0. The summed E-state index contributed by atoms with van der Waals surface area (Å²) in [6.45, 7) is 2.08. The van der Waals surface area contributed by atoms with Gasteiger partial charge in [0.15, 0.2) is 0 Å². The molecule has 0 saturated heterocycles. The molecule has 5 rings (SSSR count). The van der Waals surface area contributed by atoms with Gasteiger partial charge in [-0.1, -0.05) is 6.07 Å². The molecule has 2 aromatic heterocycles. The Morgan fingerprint density at radius 1 is 1.14 bits per heavy atom. The summed E-state index contributed by atoms with van der Waals surface area (Å²) in [6.07, 6.45) is 6.30. The van der Waals surface area contributed by atoms with Crippen LogP contribution in [0.1, 0.15) is 26.2 Å². The average Bonchev–Trinajstić information content (AvgIpc) is 3.39. The van der Waals surface area contributed by atoms with Gasteiger partial charge in [0, 0.05) is 56.2 Å². The molecule has 29 heavy (non-hydrogen) atoms. The Morgan fingerprint density at radius 2 is 2.00 bits per heavy atom. The number of ketones is 1. The number of aromatic nitrogens is 3. The predicted octanol–water partition coefficient (Wildman–Crippen LogP) is 4.87. The fourth-order valence-corrected chi connectivity index (χ4v) is 4.48. The second-order valence-corrected chi connectivity index (χ2v) is 8.27. The van der Waals surface area contributed by atoms with E-state index in [1.54, 1.807) is 0 Å². The van der Waals surface area contributed by atoms with Crippen LogP contribution in [0.25, 0.3) is 32.9 Å². The molecule has 148 valence electrons. The first kappa shape index (κ1) is 18.0. The Balaban J connectivity index is 1.56. The summed E-state index contributed by atoms with van der Waals surface area (Å²) in [7, 11) is 3.99. The van der Waals surface area contributed by atoms with E-state index in [1.807, 2.05) is 17.9 Å². The van der Waals surface area contributed by atoms with Gasteiger partial charge in [0.05, 0.1) is 17.0 Å². The lowest BCUT2D eigenvalue weighted by atomic mass is 10.0. The zero-order valence-electron chi connectivity index (χ0n) is 17.1. The van der Waals surface area contributed by atoms with Crippen LogP contribution in [0.15, 0.2) is 48.8 Å². The molecule has 0 amide bonds. The zero-order valence-corrected chi connectivity index (χ0v) is 17.1. The second kappa shape index (κ2) is 6.76. The van der Waals surface area contributed by atoms with Gasteiger partial charge in [-0.3, -0.25) is 9.48 Å². The highest BCUT2D eigenvalue weighted by molar-refractivity contribution is 5.92. The van der Waals surface area contributed by atoms with E-state index in [0.717, 1.165) is 34.2 Å². The maximum atomic E-state index is 11.7. The number of benzene rings is 2. The van der Waals surface area contributed by atoms with Crippen LogP contribution < -0.4 is 4.74 Å². The molecule has 1 saturated carbocycles. The zero-order chi connectivity index (χ0) is 20.1. The van der Waals surface area contributed by atoms with Crippen LogP contribution in [0.4, 0.5) is 0 Å². The lowest BCUT2D eigenvalue weighted by Crippen LogP contribution is -2.21. The van der Waals surface area contributed by atoms with E-state index in [1.165, 1.54) is 10.9 Å². The fourth-order valence-electron chi connectivity index (χ4n) is 4.48. The Morgan fingerprint density at radius 3 is 2.79 bits per heavy atom. The van der Waals surface area contributed by atoms with E-state index in [2.05, 4.69) is 66.2 Å².